The predicted octanol–water partition coefficient (Wildman–Crippen LogP) is 3.91. The first-order chi connectivity index (χ1) is 17.8. The number of hydrogen-bond donors (Lipinski definition) is 3. The summed E-state index contributed by atoms with van der Waals surface area (Å²) in [5, 5.41) is 12.2. The van der Waals surface area contributed by atoms with Gasteiger partial charge in [0.05, 0.1) is 40.5 Å². The van der Waals surface area contributed by atoms with E-state index in [4.69, 9.17) is 10.1 Å². The number of aliphatic hydroxyl groups is 1. The fraction of sp³-hybridized carbons (Fsp3) is 0.481. The smallest absolute Gasteiger partial charge is 0.257 e. The highest BCUT2D eigenvalue weighted by Gasteiger charge is 2.44. The molecule has 3 aliphatic rings. The quantitative estimate of drug-likeness (QED) is 0.432. The molecule has 1 saturated heterocycles. The van der Waals surface area contributed by atoms with E-state index in [0.717, 1.165) is 55.8 Å². The number of nitrogens with zero attached hydrogens (tertiary/aromatic N) is 3. The molecule has 3 heterocycles. The van der Waals surface area contributed by atoms with Crippen LogP contribution in [0.1, 0.15) is 61.1 Å². The number of nitrogens with one attached hydrogen (secondary N) is 2. The molecular formula is C27H33N5O4S. The average molecular weight is 524 g/mol. The molecule has 10 heteroatoms. The van der Waals surface area contributed by atoms with E-state index < -0.39 is 16.6 Å². The third-order valence-electron chi connectivity index (χ3n) is 8.28. The topological polar surface area (TPSA) is 117 Å². The van der Waals surface area contributed by atoms with Gasteiger partial charge in [-0.3, -0.25) is 9.52 Å². The van der Waals surface area contributed by atoms with Crippen molar-refractivity contribution in [1.82, 2.24) is 9.55 Å². The van der Waals surface area contributed by atoms with Gasteiger partial charge in [0.2, 0.25) is 10.0 Å². The SMILES string of the molecule is CC1CCn2c1nc1c(NC(=O)c3ccc(NS(=O)(=O)CCO)cc3N3CCC4(CC3)CC4)cccc12. The maximum atomic E-state index is 13.7. The van der Waals surface area contributed by atoms with Gasteiger partial charge in [0.25, 0.3) is 5.91 Å². The minimum atomic E-state index is -3.68. The number of hydrogen-bond acceptors (Lipinski definition) is 6. The van der Waals surface area contributed by atoms with Crippen LogP contribution in [0.15, 0.2) is 36.4 Å². The van der Waals surface area contributed by atoms with Gasteiger partial charge >= 0.3 is 0 Å². The van der Waals surface area contributed by atoms with Crippen LogP contribution in [0, 0.1) is 5.41 Å². The standard InChI is InChI=1S/C27H33N5O4S/c1-18-7-12-32-22-4-2-3-21(24(22)29-25(18)32)28-26(34)20-6-5-19(30-37(35,36)16-15-33)17-23(20)31-13-10-27(8-9-27)11-14-31/h2-6,17-18,30,33H,7-16H2,1H3,(H,28,34). The molecule has 1 amide bonds. The number of benzene rings is 2. The molecule has 2 fully saturated rings. The Morgan fingerprint density at radius 3 is 2.65 bits per heavy atom. The lowest BCUT2D eigenvalue weighted by atomic mass is 9.93. The highest BCUT2D eigenvalue weighted by Crippen LogP contribution is 2.54. The number of para-hydroxylation sites is 1. The lowest BCUT2D eigenvalue weighted by molar-refractivity contribution is 0.102. The van der Waals surface area contributed by atoms with Crippen molar-refractivity contribution in [2.45, 2.75) is 51.5 Å². The monoisotopic (exact) mass is 523 g/mol. The van der Waals surface area contributed by atoms with Gasteiger partial charge in [-0.25, -0.2) is 13.4 Å². The van der Waals surface area contributed by atoms with Crippen molar-refractivity contribution in [1.29, 1.82) is 0 Å². The molecule has 2 aliphatic heterocycles. The van der Waals surface area contributed by atoms with Crippen molar-refractivity contribution in [2.75, 3.05) is 40.4 Å². The fourth-order valence-corrected chi connectivity index (χ4v) is 6.65. The summed E-state index contributed by atoms with van der Waals surface area (Å²) < 4.78 is 29.3. The minimum absolute atomic E-state index is 0.250. The molecule has 1 unspecified atom stereocenters. The number of carbonyl (C=O) groups excluding carboxylic acids is 1. The van der Waals surface area contributed by atoms with E-state index in [1.165, 1.54) is 12.8 Å². The van der Waals surface area contributed by atoms with Crippen molar-refractivity contribution < 1.29 is 18.3 Å². The lowest BCUT2D eigenvalue weighted by Crippen LogP contribution is -2.35. The predicted molar refractivity (Wildman–Crippen MR) is 145 cm³/mol. The third kappa shape index (κ3) is 4.57. The zero-order chi connectivity index (χ0) is 25.8. The summed E-state index contributed by atoms with van der Waals surface area (Å²) in [6.07, 6.45) is 5.76. The number of carbonyl (C=O) groups is 1. The molecule has 196 valence electrons. The van der Waals surface area contributed by atoms with Gasteiger partial charge in [0, 0.05) is 25.6 Å². The summed E-state index contributed by atoms with van der Waals surface area (Å²) in [7, 11) is -3.68. The molecule has 1 spiro atoms. The number of fused-ring (bicyclic) bond motifs is 3. The number of imidazole rings is 1. The highest BCUT2D eigenvalue weighted by atomic mass is 32.2. The number of sulfonamides is 1. The Labute approximate surface area is 216 Å². The second-order valence-corrected chi connectivity index (χ2v) is 12.6. The molecule has 3 aromatic rings. The Morgan fingerprint density at radius 2 is 1.92 bits per heavy atom. The highest BCUT2D eigenvalue weighted by molar-refractivity contribution is 7.92. The molecule has 1 atom stereocenters. The molecule has 1 aliphatic carbocycles. The zero-order valence-corrected chi connectivity index (χ0v) is 21.9. The van der Waals surface area contributed by atoms with E-state index in [1.54, 1.807) is 18.2 Å². The van der Waals surface area contributed by atoms with Gasteiger partial charge in [-0.05, 0) is 67.9 Å². The van der Waals surface area contributed by atoms with Crippen LogP contribution in [0.25, 0.3) is 11.0 Å². The molecule has 1 saturated carbocycles. The average Bonchev–Trinajstić information content (AvgIpc) is 3.35. The molecule has 9 nitrogen and oxygen atoms in total. The van der Waals surface area contributed by atoms with Crippen molar-refractivity contribution >= 4 is 44.0 Å². The van der Waals surface area contributed by atoms with Gasteiger partial charge in [-0.2, -0.15) is 0 Å². The number of anilines is 3. The van der Waals surface area contributed by atoms with Crippen molar-refractivity contribution in [3.63, 3.8) is 0 Å². The van der Waals surface area contributed by atoms with Gasteiger partial charge in [-0.15, -0.1) is 0 Å². The summed E-state index contributed by atoms with van der Waals surface area (Å²) in [5.41, 5.74) is 4.55. The van der Waals surface area contributed by atoms with Crippen LogP contribution in [0.4, 0.5) is 17.1 Å². The van der Waals surface area contributed by atoms with E-state index in [1.807, 2.05) is 18.2 Å². The van der Waals surface area contributed by atoms with Gasteiger partial charge in [-0.1, -0.05) is 13.0 Å². The van der Waals surface area contributed by atoms with Crippen LogP contribution in [-0.2, 0) is 16.6 Å². The Morgan fingerprint density at radius 1 is 1.14 bits per heavy atom. The summed E-state index contributed by atoms with van der Waals surface area (Å²) >= 11 is 0. The molecule has 3 N–H and O–H groups in total. The van der Waals surface area contributed by atoms with E-state index in [9.17, 15) is 13.2 Å². The number of piperidine rings is 1. The second-order valence-electron chi connectivity index (χ2n) is 10.8. The van der Waals surface area contributed by atoms with E-state index in [2.05, 4.69) is 26.4 Å². The van der Waals surface area contributed by atoms with Crippen LogP contribution in [0.3, 0.4) is 0 Å². The molecule has 0 bridgehead atoms. The number of rotatable bonds is 7. The molecular weight excluding hydrogens is 490 g/mol. The van der Waals surface area contributed by atoms with Crippen LogP contribution >= 0.6 is 0 Å². The second kappa shape index (κ2) is 9.02. The number of aliphatic hydroxyl groups excluding tert-OH is 1. The van der Waals surface area contributed by atoms with Gasteiger partial charge in [0.15, 0.2) is 0 Å². The van der Waals surface area contributed by atoms with Crippen LogP contribution in [-0.4, -0.2) is 54.4 Å². The van der Waals surface area contributed by atoms with Crippen LogP contribution < -0.4 is 14.9 Å². The fourth-order valence-electron chi connectivity index (χ4n) is 5.82. The summed E-state index contributed by atoms with van der Waals surface area (Å²) in [5.74, 6) is 0.812. The summed E-state index contributed by atoms with van der Waals surface area (Å²) in [4.78, 5) is 20.7. The first-order valence-corrected chi connectivity index (χ1v) is 14.7. The van der Waals surface area contributed by atoms with E-state index >= 15 is 0 Å². The first kappa shape index (κ1) is 24.2. The molecule has 0 radical (unpaired) electrons. The first-order valence-electron chi connectivity index (χ1n) is 13.1. The Bertz CT molecular complexity index is 1470. The van der Waals surface area contributed by atoms with E-state index in [-0.39, 0.29) is 11.7 Å². The maximum absolute atomic E-state index is 13.7. The number of aromatic nitrogens is 2. The summed E-state index contributed by atoms with van der Waals surface area (Å²) in [6, 6.07) is 10.9. The maximum Gasteiger partial charge on any atom is 0.257 e. The Kier molecular flexibility index (Phi) is 5.91. The van der Waals surface area contributed by atoms with Gasteiger partial charge < -0.3 is 19.9 Å². The van der Waals surface area contributed by atoms with Crippen molar-refractivity contribution in [3.05, 3.63) is 47.8 Å². The van der Waals surface area contributed by atoms with Crippen molar-refractivity contribution in [2.24, 2.45) is 5.41 Å². The lowest BCUT2D eigenvalue weighted by Gasteiger charge is -2.35. The number of aryl methyl sites for hydroxylation is 1. The van der Waals surface area contributed by atoms with E-state index in [0.29, 0.717) is 34.0 Å². The zero-order valence-electron chi connectivity index (χ0n) is 21.0. The number of amides is 1. The Balaban J connectivity index is 1.32. The minimum Gasteiger partial charge on any atom is -0.395 e. The molecule has 37 heavy (non-hydrogen) atoms. The molecule has 2 aromatic carbocycles. The van der Waals surface area contributed by atoms with Crippen LogP contribution in [0.2, 0.25) is 0 Å². The summed E-state index contributed by atoms with van der Waals surface area (Å²) in [6.45, 7) is 4.30. The van der Waals surface area contributed by atoms with Gasteiger partial charge in [0.1, 0.15) is 11.3 Å². The molecule has 1 aromatic heterocycles. The largest absolute Gasteiger partial charge is 0.395 e. The molecule has 6 rings (SSSR count). The third-order valence-corrected chi connectivity index (χ3v) is 9.55. The van der Waals surface area contributed by atoms with Crippen LogP contribution in [0.5, 0.6) is 0 Å². The normalized spacial score (nSPS) is 20.3. The van der Waals surface area contributed by atoms with Crippen molar-refractivity contribution in [3.8, 4) is 0 Å². The Hall–Kier alpha value is -3.11.